The molecule has 0 amide bonds. The summed E-state index contributed by atoms with van der Waals surface area (Å²) in [5.74, 6) is 0.842. The third-order valence-corrected chi connectivity index (χ3v) is 6.32. The summed E-state index contributed by atoms with van der Waals surface area (Å²) in [7, 11) is -3.17. The maximum Gasteiger partial charge on any atom is 0.175 e. The van der Waals surface area contributed by atoms with Gasteiger partial charge in [-0.2, -0.15) is 0 Å². The summed E-state index contributed by atoms with van der Waals surface area (Å²) in [6, 6.07) is 13.6. The number of sulfone groups is 1. The first kappa shape index (κ1) is 18.1. The number of para-hydroxylation sites is 1. The van der Waals surface area contributed by atoms with Crippen molar-refractivity contribution in [3.05, 3.63) is 65.1 Å². The lowest BCUT2D eigenvalue weighted by Gasteiger charge is -2.19. The zero-order valence-electron chi connectivity index (χ0n) is 15.6. The standard InChI is InChI=1S/C21H23N3O2S/c1-15-19-5-3-4-6-20(19)23-21(22-15)14-24-11-9-16-7-8-18(27(2,25)26)13-17(16)10-12-24/h3-8,13H,9-12,14H2,1-2H3. The fourth-order valence-corrected chi connectivity index (χ4v) is 4.37. The quantitative estimate of drug-likeness (QED) is 0.698. The molecule has 0 spiro atoms. The Bertz CT molecular complexity index is 1110. The second kappa shape index (κ2) is 7.02. The molecule has 0 atom stereocenters. The molecule has 0 fully saturated rings. The van der Waals surface area contributed by atoms with Gasteiger partial charge in [-0.1, -0.05) is 24.3 Å². The minimum atomic E-state index is -3.17. The summed E-state index contributed by atoms with van der Waals surface area (Å²) < 4.78 is 23.6. The predicted octanol–water partition coefficient (Wildman–Crippen LogP) is 2.94. The van der Waals surface area contributed by atoms with Crippen LogP contribution in [0.1, 0.15) is 22.6 Å². The van der Waals surface area contributed by atoms with Crippen LogP contribution >= 0.6 is 0 Å². The number of aromatic nitrogens is 2. The molecular formula is C21H23N3O2S. The van der Waals surface area contributed by atoms with E-state index in [9.17, 15) is 8.42 Å². The highest BCUT2D eigenvalue weighted by Crippen LogP contribution is 2.22. The first-order valence-electron chi connectivity index (χ1n) is 9.16. The second-order valence-electron chi connectivity index (χ2n) is 7.22. The van der Waals surface area contributed by atoms with E-state index >= 15 is 0 Å². The number of fused-ring (bicyclic) bond motifs is 2. The largest absolute Gasteiger partial charge is 0.295 e. The van der Waals surface area contributed by atoms with Crippen molar-refractivity contribution < 1.29 is 8.42 Å². The minimum absolute atomic E-state index is 0.406. The molecule has 0 radical (unpaired) electrons. The lowest BCUT2D eigenvalue weighted by Crippen LogP contribution is -2.27. The molecule has 0 unspecified atom stereocenters. The average molecular weight is 382 g/mol. The topological polar surface area (TPSA) is 63.2 Å². The number of benzene rings is 2. The van der Waals surface area contributed by atoms with Crippen molar-refractivity contribution in [3.8, 4) is 0 Å². The number of hydrogen-bond donors (Lipinski definition) is 0. The molecular weight excluding hydrogens is 358 g/mol. The molecule has 1 aliphatic rings. The van der Waals surface area contributed by atoms with E-state index in [0.717, 1.165) is 53.9 Å². The van der Waals surface area contributed by atoms with Crippen LogP contribution in [0.15, 0.2) is 47.4 Å². The van der Waals surface area contributed by atoms with Crippen molar-refractivity contribution in [1.82, 2.24) is 14.9 Å². The lowest BCUT2D eigenvalue weighted by molar-refractivity contribution is 0.272. The van der Waals surface area contributed by atoms with E-state index in [2.05, 4.69) is 16.0 Å². The smallest absolute Gasteiger partial charge is 0.175 e. The van der Waals surface area contributed by atoms with Crippen LogP contribution < -0.4 is 0 Å². The Morgan fingerprint density at radius 2 is 1.74 bits per heavy atom. The molecule has 140 valence electrons. The molecule has 0 aliphatic carbocycles. The summed E-state index contributed by atoms with van der Waals surface area (Å²) in [6.45, 7) is 4.52. The van der Waals surface area contributed by atoms with Crippen molar-refractivity contribution >= 4 is 20.7 Å². The second-order valence-corrected chi connectivity index (χ2v) is 9.24. The summed E-state index contributed by atoms with van der Waals surface area (Å²) in [5, 5.41) is 1.10. The number of rotatable bonds is 3. The zero-order valence-corrected chi connectivity index (χ0v) is 16.5. The maximum atomic E-state index is 11.8. The van der Waals surface area contributed by atoms with Crippen molar-refractivity contribution in [2.75, 3.05) is 19.3 Å². The van der Waals surface area contributed by atoms with Crippen LogP contribution in [0.4, 0.5) is 0 Å². The molecule has 5 nitrogen and oxygen atoms in total. The van der Waals surface area contributed by atoms with Gasteiger partial charge in [-0.3, -0.25) is 4.90 Å². The Morgan fingerprint density at radius 1 is 1.00 bits per heavy atom. The Balaban J connectivity index is 1.54. The monoisotopic (exact) mass is 381 g/mol. The number of hydrogen-bond acceptors (Lipinski definition) is 5. The predicted molar refractivity (Wildman–Crippen MR) is 107 cm³/mol. The Kier molecular flexibility index (Phi) is 4.70. The molecule has 6 heteroatoms. The van der Waals surface area contributed by atoms with Gasteiger partial charge in [-0.05, 0) is 49.1 Å². The molecule has 27 heavy (non-hydrogen) atoms. The lowest BCUT2D eigenvalue weighted by atomic mass is 10.0. The highest BCUT2D eigenvalue weighted by molar-refractivity contribution is 7.90. The van der Waals surface area contributed by atoms with E-state index in [-0.39, 0.29) is 0 Å². The fraction of sp³-hybridized carbons (Fsp3) is 0.333. The van der Waals surface area contributed by atoms with Gasteiger partial charge >= 0.3 is 0 Å². The molecule has 1 aliphatic heterocycles. The summed E-state index contributed by atoms with van der Waals surface area (Å²) in [6.07, 6.45) is 3.01. The molecule has 0 N–H and O–H groups in total. The highest BCUT2D eigenvalue weighted by Gasteiger charge is 2.18. The van der Waals surface area contributed by atoms with Crippen LogP contribution in [0.2, 0.25) is 0 Å². The van der Waals surface area contributed by atoms with Crippen LogP contribution in [-0.4, -0.2) is 42.6 Å². The van der Waals surface area contributed by atoms with Gasteiger partial charge in [0.2, 0.25) is 0 Å². The zero-order chi connectivity index (χ0) is 19.0. The van der Waals surface area contributed by atoms with E-state index in [1.807, 2.05) is 37.3 Å². The first-order valence-corrected chi connectivity index (χ1v) is 11.1. The van der Waals surface area contributed by atoms with Gasteiger partial charge < -0.3 is 0 Å². The summed E-state index contributed by atoms with van der Waals surface area (Å²) in [5.41, 5.74) is 4.36. The van der Waals surface area contributed by atoms with Gasteiger partial charge in [0.15, 0.2) is 9.84 Å². The first-order chi connectivity index (χ1) is 12.9. The Hall–Kier alpha value is -2.31. The molecule has 2 aromatic carbocycles. The van der Waals surface area contributed by atoms with Crippen LogP contribution in [-0.2, 0) is 29.2 Å². The summed E-state index contributed by atoms with van der Waals surface area (Å²) >= 11 is 0. The normalized spacial score (nSPS) is 15.5. The van der Waals surface area contributed by atoms with Gasteiger partial charge in [0.05, 0.1) is 17.0 Å². The van der Waals surface area contributed by atoms with Crippen molar-refractivity contribution in [2.24, 2.45) is 0 Å². The molecule has 2 heterocycles. The highest BCUT2D eigenvalue weighted by atomic mass is 32.2. The SMILES string of the molecule is Cc1nc(CN2CCc3ccc(S(C)(=O)=O)cc3CC2)nc2ccccc12. The fourth-order valence-electron chi connectivity index (χ4n) is 3.70. The summed E-state index contributed by atoms with van der Waals surface area (Å²) in [4.78, 5) is 12.2. The molecule has 4 rings (SSSR count). The third-order valence-electron chi connectivity index (χ3n) is 5.21. The van der Waals surface area contributed by atoms with E-state index in [1.165, 1.54) is 11.8 Å². The van der Waals surface area contributed by atoms with E-state index in [4.69, 9.17) is 4.98 Å². The van der Waals surface area contributed by atoms with Crippen molar-refractivity contribution in [2.45, 2.75) is 31.2 Å². The Labute approximate surface area is 160 Å². The molecule has 1 aromatic heterocycles. The van der Waals surface area contributed by atoms with Gasteiger partial charge in [0.1, 0.15) is 5.82 Å². The van der Waals surface area contributed by atoms with E-state index in [0.29, 0.717) is 11.4 Å². The van der Waals surface area contributed by atoms with Crippen LogP contribution in [0.25, 0.3) is 10.9 Å². The maximum absolute atomic E-state index is 11.8. The van der Waals surface area contributed by atoms with Crippen molar-refractivity contribution in [1.29, 1.82) is 0 Å². The van der Waals surface area contributed by atoms with Gasteiger partial charge in [-0.25, -0.2) is 18.4 Å². The van der Waals surface area contributed by atoms with Crippen molar-refractivity contribution in [3.63, 3.8) is 0 Å². The third kappa shape index (κ3) is 3.87. The minimum Gasteiger partial charge on any atom is -0.295 e. The average Bonchev–Trinajstić information content (AvgIpc) is 2.83. The number of nitrogens with zero attached hydrogens (tertiary/aromatic N) is 3. The van der Waals surface area contributed by atoms with E-state index < -0.39 is 9.84 Å². The van der Waals surface area contributed by atoms with E-state index in [1.54, 1.807) is 6.07 Å². The molecule has 0 bridgehead atoms. The van der Waals surface area contributed by atoms with Gasteiger partial charge in [0, 0.05) is 30.4 Å². The van der Waals surface area contributed by atoms with Crippen LogP contribution in [0.5, 0.6) is 0 Å². The van der Waals surface area contributed by atoms with Crippen LogP contribution in [0, 0.1) is 6.92 Å². The molecule has 0 saturated heterocycles. The molecule has 0 saturated carbocycles. The van der Waals surface area contributed by atoms with Gasteiger partial charge in [0.25, 0.3) is 0 Å². The van der Waals surface area contributed by atoms with Crippen LogP contribution in [0.3, 0.4) is 0 Å². The molecule has 3 aromatic rings. The Morgan fingerprint density at radius 3 is 2.52 bits per heavy atom. The van der Waals surface area contributed by atoms with Gasteiger partial charge in [-0.15, -0.1) is 0 Å². The number of aryl methyl sites for hydroxylation is 1.